The summed E-state index contributed by atoms with van der Waals surface area (Å²) in [5.41, 5.74) is 1.37. The van der Waals surface area contributed by atoms with Gasteiger partial charge in [-0.25, -0.2) is 4.98 Å². The Labute approximate surface area is 102 Å². The minimum atomic E-state index is 0.410. The molecule has 0 saturated heterocycles. The molecule has 1 aromatic heterocycles. The Hall–Kier alpha value is -2.07. The molecule has 4 heteroatoms. The van der Waals surface area contributed by atoms with Crippen LogP contribution in [0.5, 0.6) is 0 Å². The molecule has 0 spiro atoms. The van der Waals surface area contributed by atoms with E-state index in [0.717, 1.165) is 12.2 Å². The molecular formula is C13H16N4. The molecule has 0 amide bonds. The number of nitrogens with zero attached hydrogens (tertiary/aromatic N) is 4. The molecule has 0 bridgehead atoms. The second kappa shape index (κ2) is 6.50. The normalized spacial score (nSPS) is 9.71. The lowest BCUT2D eigenvalue weighted by Gasteiger charge is -2.25. The van der Waals surface area contributed by atoms with Gasteiger partial charge in [0.25, 0.3) is 0 Å². The number of anilines is 1. The molecule has 0 radical (unpaired) electrons. The van der Waals surface area contributed by atoms with Crippen LogP contribution in [-0.2, 0) is 0 Å². The second-order valence-electron chi connectivity index (χ2n) is 4.26. The highest BCUT2D eigenvalue weighted by Crippen LogP contribution is 2.16. The summed E-state index contributed by atoms with van der Waals surface area (Å²) in [6.45, 7) is 5.82. The van der Waals surface area contributed by atoms with E-state index in [1.165, 1.54) is 0 Å². The first-order chi connectivity index (χ1) is 8.17. The maximum absolute atomic E-state index is 8.82. The fourth-order valence-electron chi connectivity index (χ4n) is 1.63. The molecule has 0 aliphatic carbocycles. The van der Waals surface area contributed by atoms with Gasteiger partial charge in [0.15, 0.2) is 0 Å². The molecule has 1 heterocycles. The molecule has 17 heavy (non-hydrogen) atoms. The zero-order valence-corrected chi connectivity index (χ0v) is 10.2. The lowest BCUT2D eigenvalue weighted by atomic mass is 10.2. The fraction of sp³-hybridized carbons (Fsp3) is 0.462. The van der Waals surface area contributed by atoms with Crippen LogP contribution in [0.3, 0.4) is 0 Å². The van der Waals surface area contributed by atoms with Gasteiger partial charge in [0.05, 0.1) is 12.5 Å². The SMILES string of the molecule is CC(C)CN(CCC#N)c1ccnc(C#N)c1. The molecule has 4 nitrogen and oxygen atoms in total. The van der Waals surface area contributed by atoms with Crippen LogP contribution < -0.4 is 4.90 Å². The van der Waals surface area contributed by atoms with Crippen molar-refractivity contribution in [2.75, 3.05) is 18.0 Å². The third kappa shape index (κ3) is 4.12. The third-order valence-electron chi connectivity index (χ3n) is 2.30. The van der Waals surface area contributed by atoms with Gasteiger partial charge >= 0.3 is 0 Å². The van der Waals surface area contributed by atoms with Crippen LogP contribution in [0.25, 0.3) is 0 Å². The van der Waals surface area contributed by atoms with E-state index in [9.17, 15) is 0 Å². The highest BCUT2D eigenvalue weighted by molar-refractivity contribution is 5.48. The van der Waals surface area contributed by atoms with Crippen molar-refractivity contribution < 1.29 is 0 Å². The van der Waals surface area contributed by atoms with Gasteiger partial charge < -0.3 is 4.90 Å². The van der Waals surface area contributed by atoms with E-state index < -0.39 is 0 Å². The summed E-state index contributed by atoms with van der Waals surface area (Å²) < 4.78 is 0. The summed E-state index contributed by atoms with van der Waals surface area (Å²) >= 11 is 0. The molecule has 0 unspecified atom stereocenters. The molecule has 1 rings (SSSR count). The molecule has 0 fully saturated rings. The van der Waals surface area contributed by atoms with Gasteiger partial charge in [-0.05, 0) is 18.1 Å². The average molecular weight is 228 g/mol. The lowest BCUT2D eigenvalue weighted by molar-refractivity contribution is 0.612. The molecular weight excluding hydrogens is 212 g/mol. The number of rotatable bonds is 5. The summed E-state index contributed by atoms with van der Waals surface area (Å²) in [4.78, 5) is 6.07. The molecule has 0 aliphatic rings. The van der Waals surface area contributed by atoms with Crippen LogP contribution in [-0.4, -0.2) is 18.1 Å². The van der Waals surface area contributed by atoms with Gasteiger partial charge in [-0.1, -0.05) is 13.8 Å². The van der Waals surface area contributed by atoms with Crippen molar-refractivity contribution in [1.29, 1.82) is 10.5 Å². The largest absolute Gasteiger partial charge is 0.370 e. The predicted octanol–water partition coefficient (Wildman–Crippen LogP) is 2.33. The molecule has 0 atom stereocenters. The van der Waals surface area contributed by atoms with Crippen LogP contribution in [0.15, 0.2) is 18.3 Å². The van der Waals surface area contributed by atoms with Gasteiger partial charge in [0, 0.05) is 25.0 Å². The minimum Gasteiger partial charge on any atom is -0.370 e. The van der Waals surface area contributed by atoms with Crippen LogP contribution >= 0.6 is 0 Å². The Morgan fingerprint density at radius 2 is 2.18 bits per heavy atom. The summed E-state index contributed by atoms with van der Waals surface area (Å²) in [7, 11) is 0. The smallest absolute Gasteiger partial charge is 0.142 e. The molecule has 88 valence electrons. The highest BCUT2D eigenvalue weighted by Gasteiger charge is 2.09. The Balaban J connectivity index is 2.88. The Kier molecular flexibility index (Phi) is 4.97. The topological polar surface area (TPSA) is 63.7 Å². The summed E-state index contributed by atoms with van der Waals surface area (Å²) in [5, 5.41) is 17.5. The Bertz CT molecular complexity index is 439. The number of hydrogen-bond acceptors (Lipinski definition) is 4. The van der Waals surface area contributed by atoms with Gasteiger partial charge in [-0.15, -0.1) is 0 Å². The van der Waals surface area contributed by atoms with Crippen molar-refractivity contribution in [2.24, 2.45) is 5.92 Å². The maximum atomic E-state index is 8.82. The minimum absolute atomic E-state index is 0.410. The van der Waals surface area contributed by atoms with Crippen molar-refractivity contribution >= 4 is 5.69 Å². The van der Waals surface area contributed by atoms with Crippen molar-refractivity contribution in [1.82, 2.24) is 4.98 Å². The molecule has 0 aliphatic heterocycles. The summed E-state index contributed by atoms with van der Waals surface area (Å²) in [6, 6.07) is 7.82. The van der Waals surface area contributed by atoms with Gasteiger partial charge in [-0.3, -0.25) is 0 Å². The highest BCUT2D eigenvalue weighted by atomic mass is 15.1. The van der Waals surface area contributed by atoms with Crippen molar-refractivity contribution in [2.45, 2.75) is 20.3 Å². The van der Waals surface area contributed by atoms with Gasteiger partial charge in [0.2, 0.25) is 0 Å². The van der Waals surface area contributed by atoms with E-state index in [1.807, 2.05) is 12.1 Å². The van der Waals surface area contributed by atoms with Crippen LogP contribution in [0.4, 0.5) is 5.69 Å². The zero-order chi connectivity index (χ0) is 12.7. The molecule has 1 aromatic rings. The first-order valence-corrected chi connectivity index (χ1v) is 5.65. The fourth-order valence-corrected chi connectivity index (χ4v) is 1.63. The first kappa shape index (κ1) is 13.0. The Morgan fingerprint density at radius 1 is 1.41 bits per heavy atom. The molecule has 0 saturated carbocycles. The summed E-state index contributed by atoms with van der Waals surface area (Å²) in [5.74, 6) is 0.507. The van der Waals surface area contributed by atoms with Crippen molar-refractivity contribution in [3.8, 4) is 12.1 Å². The third-order valence-corrected chi connectivity index (χ3v) is 2.30. The predicted molar refractivity (Wildman–Crippen MR) is 66.2 cm³/mol. The number of aromatic nitrogens is 1. The van der Waals surface area contributed by atoms with Crippen molar-refractivity contribution in [3.63, 3.8) is 0 Å². The molecule has 0 N–H and O–H groups in total. The quantitative estimate of drug-likeness (QED) is 0.775. The van der Waals surface area contributed by atoms with E-state index in [2.05, 4.69) is 29.8 Å². The van der Waals surface area contributed by atoms with E-state index in [1.54, 1.807) is 12.3 Å². The number of pyridine rings is 1. The van der Waals surface area contributed by atoms with E-state index in [4.69, 9.17) is 10.5 Å². The maximum Gasteiger partial charge on any atom is 0.142 e. The summed E-state index contributed by atoms with van der Waals surface area (Å²) in [6.07, 6.45) is 2.12. The average Bonchev–Trinajstić information content (AvgIpc) is 2.34. The van der Waals surface area contributed by atoms with Gasteiger partial charge in [0.1, 0.15) is 11.8 Å². The van der Waals surface area contributed by atoms with E-state index in [-0.39, 0.29) is 0 Å². The first-order valence-electron chi connectivity index (χ1n) is 5.65. The van der Waals surface area contributed by atoms with E-state index >= 15 is 0 Å². The Morgan fingerprint density at radius 3 is 2.76 bits per heavy atom. The second-order valence-corrected chi connectivity index (χ2v) is 4.26. The van der Waals surface area contributed by atoms with Crippen molar-refractivity contribution in [3.05, 3.63) is 24.0 Å². The van der Waals surface area contributed by atoms with Crippen LogP contribution in [0.2, 0.25) is 0 Å². The zero-order valence-electron chi connectivity index (χ0n) is 10.2. The lowest BCUT2D eigenvalue weighted by Crippen LogP contribution is -2.28. The number of hydrogen-bond donors (Lipinski definition) is 0. The monoisotopic (exact) mass is 228 g/mol. The molecule has 0 aromatic carbocycles. The van der Waals surface area contributed by atoms with Crippen LogP contribution in [0, 0.1) is 28.6 Å². The van der Waals surface area contributed by atoms with Crippen LogP contribution in [0.1, 0.15) is 26.0 Å². The van der Waals surface area contributed by atoms with E-state index in [0.29, 0.717) is 24.6 Å². The standard InChI is InChI=1S/C13H16N4/c1-11(2)10-17(7-3-5-14)13-4-6-16-12(8-13)9-15/h4,6,8,11H,3,7,10H2,1-2H3. The number of nitriles is 2. The van der Waals surface area contributed by atoms with Gasteiger partial charge in [-0.2, -0.15) is 10.5 Å².